The highest BCUT2D eigenvalue weighted by molar-refractivity contribution is 6.05. The smallest absolute Gasteiger partial charge is 0.255 e. The Kier molecular flexibility index (Phi) is 6.18. The summed E-state index contributed by atoms with van der Waals surface area (Å²) in [6.07, 6.45) is 0.714. The molecule has 0 atom stereocenters. The molecule has 9 heteroatoms. The number of benzene rings is 3. The highest BCUT2D eigenvalue weighted by Crippen LogP contribution is 2.33. The zero-order valence-electron chi connectivity index (χ0n) is 18.5. The molecule has 0 fully saturated rings. The van der Waals surface area contributed by atoms with Crippen LogP contribution in [0.1, 0.15) is 31.1 Å². The number of ether oxygens (including phenoxy) is 1. The number of methoxy groups -OCH3 is 1. The number of fused-ring (bicyclic) bond motifs is 1. The Morgan fingerprint density at radius 2 is 1.74 bits per heavy atom. The average molecular weight is 455 g/mol. The Labute approximate surface area is 195 Å². The Hall–Kier alpha value is -4.79. The number of hydrogen-bond acceptors (Lipinski definition) is 7. The van der Waals surface area contributed by atoms with Crippen LogP contribution in [0.25, 0.3) is 22.2 Å². The fourth-order valence-electron chi connectivity index (χ4n) is 3.51. The van der Waals surface area contributed by atoms with Crippen molar-refractivity contribution in [2.45, 2.75) is 0 Å². The van der Waals surface area contributed by atoms with Gasteiger partial charge in [-0.2, -0.15) is 0 Å². The van der Waals surface area contributed by atoms with Crippen LogP contribution in [0.3, 0.4) is 0 Å². The molecule has 0 aliphatic carbocycles. The number of nitrogens with one attached hydrogen (secondary N) is 2. The third kappa shape index (κ3) is 4.40. The van der Waals surface area contributed by atoms with Crippen molar-refractivity contribution < 1.29 is 19.1 Å². The van der Waals surface area contributed by atoms with Gasteiger partial charge < -0.3 is 21.1 Å². The third-order valence-electron chi connectivity index (χ3n) is 5.22. The van der Waals surface area contributed by atoms with E-state index in [1.807, 2.05) is 6.07 Å². The molecule has 0 aliphatic rings. The van der Waals surface area contributed by atoms with E-state index in [0.717, 1.165) is 5.56 Å². The normalized spacial score (nSPS) is 10.5. The van der Waals surface area contributed by atoms with Crippen LogP contribution in [-0.4, -0.2) is 42.2 Å². The summed E-state index contributed by atoms with van der Waals surface area (Å²) in [5, 5.41) is 6.47. The summed E-state index contributed by atoms with van der Waals surface area (Å²) in [5.41, 5.74) is 8.79. The molecule has 1 heterocycles. The third-order valence-corrected chi connectivity index (χ3v) is 5.22. The van der Waals surface area contributed by atoms with Crippen LogP contribution in [0.5, 0.6) is 5.75 Å². The molecule has 9 nitrogen and oxygen atoms in total. The minimum Gasteiger partial charge on any atom is -0.496 e. The van der Waals surface area contributed by atoms with Crippen molar-refractivity contribution in [1.29, 1.82) is 0 Å². The van der Waals surface area contributed by atoms with Gasteiger partial charge in [0, 0.05) is 34.8 Å². The second kappa shape index (κ2) is 9.37. The molecule has 3 aromatic carbocycles. The van der Waals surface area contributed by atoms with Crippen molar-refractivity contribution in [3.63, 3.8) is 0 Å². The van der Waals surface area contributed by atoms with Gasteiger partial charge in [0.15, 0.2) is 6.29 Å². The van der Waals surface area contributed by atoms with Crippen LogP contribution in [-0.2, 0) is 0 Å². The molecular weight excluding hydrogens is 434 g/mol. The molecule has 4 N–H and O–H groups in total. The first-order chi connectivity index (χ1) is 16.4. The van der Waals surface area contributed by atoms with Gasteiger partial charge >= 0.3 is 0 Å². The summed E-state index contributed by atoms with van der Waals surface area (Å²) in [6, 6.07) is 16.6. The Balaban J connectivity index is 1.73. The van der Waals surface area contributed by atoms with Crippen LogP contribution in [0.4, 0.5) is 11.6 Å². The van der Waals surface area contributed by atoms with Crippen molar-refractivity contribution in [3.05, 3.63) is 77.4 Å². The van der Waals surface area contributed by atoms with Crippen LogP contribution in [0, 0.1) is 0 Å². The number of carbonyl (C=O) groups excluding carboxylic acids is 3. The van der Waals surface area contributed by atoms with Crippen molar-refractivity contribution in [1.82, 2.24) is 9.97 Å². The molecular formula is C25H21N5O4. The molecule has 2 amide bonds. The summed E-state index contributed by atoms with van der Waals surface area (Å²) in [7, 11) is 3.19. The van der Waals surface area contributed by atoms with Gasteiger partial charge in [-0.3, -0.25) is 14.4 Å². The summed E-state index contributed by atoms with van der Waals surface area (Å²) in [5.74, 6) is -0.106. The molecule has 0 spiro atoms. The SMILES string of the molecule is CNc1nc(-c2cccc(NC(=O)c3ccc(C(N)=O)cc3)c2)c2cc(OC)c(C=O)cc2n1. The van der Waals surface area contributed by atoms with E-state index >= 15 is 0 Å². The van der Waals surface area contributed by atoms with E-state index in [1.54, 1.807) is 37.4 Å². The van der Waals surface area contributed by atoms with Crippen LogP contribution < -0.4 is 21.1 Å². The molecule has 4 rings (SSSR count). The number of primary amides is 1. The van der Waals surface area contributed by atoms with Gasteiger partial charge in [0.05, 0.1) is 23.9 Å². The van der Waals surface area contributed by atoms with Gasteiger partial charge in [0.25, 0.3) is 5.91 Å². The van der Waals surface area contributed by atoms with E-state index in [4.69, 9.17) is 10.5 Å². The van der Waals surface area contributed by atoms with E-state index < -0.39 is 5.91 Å². The predicted octanol–water partition coefficient (Wildman–Crippen LogP) is 3.51. The van der Waals surface area contributed by atoms with E-state index in [-0.39, 0.29) is 5.91 Å². The molecule has 0 aliphatic heterocycles. The maximum Gasteiger partial charge on any atom is 0.255 e. The lowest BCUT2D eigenvalue weighted by atomic mass is 10.0. The minimum atomic E-state index is -0.561. The van der Waals surface area contributed by atoms with E-state index in [1.165, 1.54) is 31.4 Å². The lowest BCUT2D eigenvalue weighted by molar-refractivity contribution is 0.0995. The molecule has 1 aromatic heterocycles. The van der Waals surface area contributed by atoms with Crippen molar-refractivity contribution in [2.75, 3.05) is 24.8 Å². The molecule has 0 unspecified atom stereocenters. The van der Waals surface area contributed by atoms with Gasteiger partial charge in [0.1, 0.15) is 5.75 Å². The largest absolute Gasteiger partial charge is 0.496 e. The maximum atomic E-state index is 12.7. The Bertz CT molecular complexity index is 1420. The molecule has 0 bridgehead atoms. The number of amides is 2. The Morgan fingerprint density at radius 3 is 2.38 bits per heavy atom. The molecule has 0 saturated heterocycles. The fraction of sp³-hybridized carbons (Fsp3) is 0.0800. The number of aldehydes is 1. The number of aromatic nitrogens is 2. The summed E-state index contributed by atoms with van der Waals surface area (Å²) >= 11 is 0. The average Bonchev–Trinajstić information content (AvgIpc) is 2.87. The van der Waals surface area contributed by atoms with Crippen molar-refractivity contribution >= 4 is 40.6 Å². The number of rotatable bonds is 7. The number of hydrogen-bond donors (Lipinski definition) is 3. The second-order valence-corrected chi connectivity index (χ2v) is 7.35. The van der Waals surface area contributed by atoms with Crippen LogP contribution in [0.2, 0.25) is 0 Å². The van der Waals surface area contributed by atoms with Crippen LogP contribution in [0.15, 0.2) is 60.7 Å². The van der Waals surface area contributed by atoms with Crippen LogP contribution >= 0.6 is 0 Å². The van der Waals surface area contributed by atoms with Gasteiger partial charge in [-0.05, 0) is 48.5 Å². The highest BCUT2D eigenvalue weighted by Gasteiger charge is 2.15. The highest BCUT2D eigenvalue weighted by atomic mass is 16.5. The maximum absolute atomic E-state index is 12.7. The monoisotopic (exact) mass is 455 g/mol. The molecule has 34 heavy (non-hydrogen) atoms. The number of nitrogens with two attached hydrogens (primary N) is 1. The number of anilines is 2. The first kappa shape index (κ1) is 22.4. The Morgan fingerprint density at radius 1 is 1.00 bits per heavy atom. The van der Waals surface area contributed by atoms with Gasteiger partial charge in [-0.15, -0.1) is 0 Å². The lowest BCUT2D eigenvalue weighted by Gasteiger charge is -2.13. The molecule has 0 radical (unpaired) electrons. The van der Waals surface area contributed by atoms with Gasteiger partial charge in [-0.1, -0.05) is 12.1 Å². The lowest BCUT2D eigenvalue weighted by Crippen LogP contribution is -2.14. The minimum absolute atomic E-state index is 0.322. The van der Waals surface area contributed by atoms with E-state index in [9.17, 15) is 14.4 Å². The number of carbonyl (C=O) groups is 3. The first-order valence-corrected chi connectivity index (χ1v) is 10.3. The standard InChI is InChI=1S/C25H21N5O4/c1-27-25-29-20-11-17(13-31)21(34-2)12-19(20)22(30-25)16-4-3-5-18(10-16)28-24(33)15-8-6-14(7-9-15)23(26)32/h3-13H,1-2H3,(H2,26,32)(H,28,33)(H,27,29,30). The fourth-order valence-corrected chi connectivity index (χ4v) is 3.51. The predicted molar refractivity (Wildman–Crippen MR) is 129 cm³/mol. The van der Waals surface area contributed by atoms with Crippen molar-refractivity contribution in [3.8, 4) is 17.0 Å². The summed E-state index contributed by atoms with van der Waals surface area (Å²) in [6.45, 7) is 0. The first-order valence-electron chi connectivity index (χ1n) is 10.3. The summed E-state index contributed by atoms with van der Waals surface area (Å²) in [4.78, 5) is 44.4. The quantitative estimate of drug-likeness (QED) is 0.363. The number of nitrogens with zero attached hydrogens (tertiary/aromatic N) is 2. The summed E-state index contributed by atoms with van der Waals surface area (Å²) < 4.78 is 5.35. The van der Waals surface area contributed by atoms with Gasteiger partial charge in [-0.25, -0.2) is 9.97 Å². The molecule has 0 saturated carbocycles. The zero-order valence-corrected chi connectivity index (χ0v) is 18.5. The van der Waals surface area contributed by atoms with Crippen molar-refractivity contribution in [2.24, 2.45) is 5.73 Å². The van der Waals surface area contributed by atoms with E-state index in [2.05, 4.69) is 20.6 Å². The second-order valence-electron chi connectivity index (χ2n) is 7.35. The molecule has 4 aromatic rings. The topological polar surface area (TPSA) is 136 Å². The zero-order chi connectivity index (χ0) is 24.2. The molecule has 170 valence electrons. The van der Waals surface area contributed by atoms with E-state index in [0.29, 0.717) is 57.0 Å². The van der Waals surface area contributed by atoms with Gasteiger partial charge in [0.2, 0.25) is 11.9 Å².